The molecule has 0 saturated carbocycles. The zero-order valence-electron chi connectivity index (χ0n) is 11.7. The third-order valence-corrected chi connectivity index (χ3v) is 3.98. The summed E-state index contributed by atoms with van der Waals surface area (Å²) in [5, 5.41) is 0.769. The molecule has 0 radical (unpaired) electrons. The van der Waals surface area contributed by atoms with Crippen molar-refractivity contribution in [1.29, 1.82) is 0 Å². The number of nitrogens with two attached hydrogens (primary N) is 1. The van der Waals surface area contributed by atoms with E-state index in [1.807, 2.05) is 36.4 Å². The first kappa shape index (κ1) is 13.0. The number of fused-ring (bicyclic) bond motifs is 1. The van der Waals surface area contributed by atoms with Crippen LogP contribution >= 0.6 is 11.6 Å². The minimum absolute atomic E-state index is 0.699. The summed E-state index contributed by atoms with van der Waals surface area (Å²) in [5.74, 6) is 0. The van der Waals surface area contributed by atoms with Gasteiger partial charge < -0.3 is 10.1 Å². The zero-order chi connectivity index (χ0) is 14.4. The number of halogens is 1. The SMILES string of the molecule is Cc1cc(N)c2nc(-c3ccc(Cl)c(C)c3)c(C)n2c1. The van der Waals surface area contributed by atoms with Crippen LogP contribution in [0.5, 0.6) is 0 Å². The van der Waals surface area contributed by atoms with Gasteiger partial charge in [-0.1, -0.05) is 17.7 Å². The number of anilines is 1. The number of nitrogens with zero attached hydrogens (tertiary/aromatic N) is 2. The molecule has 4 heteroatoms. The Morgan fingerprint density at radius 2 is 1.90 bits per heavy atom. The Hall–Kier alpha value is -2.00. The molecule has 20 heavy (non-hydrogen) atoms. The molecular formula is C16H16ClN3. The molecule has 102 valence electrons. The van der Waals surface area contributed by atoms with Crippen molar-refractivity contribution in [3.8, 4) is 11.3 Å². The van der Waals surface area contributed by atoms with Gasteiger partial charge in [-0.15, -0.1) is 0 Å². The molecule has 0 fully saturated rings. The molecule has 0 spiro atoms. The molecule has 0 amide bonds. The van der Waals surface area contributed by atoms with Gasteiger partial charge >= 0.3 is 0 Å². The highest BCUT2D eigenvalue weighted by molar-refractivity contribution is 6.31. The third kappa shape index (κ3) is 1.95. The van der Waals surface area contributed by atoms with E-state index in [2.05, 4.69) is 24.2 Å². The van der Waals surface area contributed by atoms with Gasteiger partial charge in [0.2, 0.25) is 0 Å². The van der Waals surface area contributed by atoms with E-state index in [1.54, 1.807) is 0 Å². The molecule has 1 aromatic carbocycles. The second-order valence-electron chi connectivity index (χ2n) is 5.18. The van der Waals surface area contributed by atoms with Gasteiger partial charge in [0.05, 0.1) is 11.4 Å². The summed E-state index contributed by atoms with van der Waals surface area (Å²) in [7, 11) is 0. The summed E-state index contributed by atoms with van der Waals surface area (Å²) in [6.07, 6.45) is 2.06. The largest absolute Gasteiger partial charge is 0.396 e. The summed E-state index contributed by atoms with van der Waals surface area (Å²) in [4.78, 5) is 4.69. The molecule has 2 N–H and O–H groups in total. The topological polar surface area (TPSA) is 43.3 Å². The van der Waals surface area contributed by atoms with E-state index in [0.29, 0.717) is 5.69 Å². The van der Waals surface area contributed by atoms with Crippen LogP contribution in [0.25, 0.3) is 16.9 Å². The van der Waals surface area contributed by atoms with Crippen LogP contribution in [0.2, 0.25) is 5.02 Å². The van der Waals surface area contributed by atoms with Gasteiger partial charge in [-0.3, -0.25) is 0 Å². The van der Waals surface area contributed by atoms with Gasteiger partial charge in [0, 0.05) is 22.5 Å². The van der Waals surface area contributed by atoms with Crippen LogP contribution in [0.15, 0.2) is 30.5 Å². The molecule has 0 saturated heterocycles. The van der Waals surface area contributed by atoms with Gasteiger partial charge in [0.15, 0.2) is 5.65 Å². The molecule has 0 unspecified atom stereocenters. The first-order valence-corrected chi connectivity index (χ1v) is 6.86. The second kappa shape index (κ2) is 4.53. The van der Waals surface area contributed by atoms with Crippen LogP contribution in [0, 0.1) is 20.8 Å². The van der Waals surface area contributed by atoms with Crippen molar-refractivity contribution in [1.82, 2.24) is 9.38 Å². The maximum absolute atomic E-state index is 6.09. The van der Waals surface area contributed by atoms with Gasteiger partial charge in [-0.05, 0) is 50.1 Å². The lowest BCUT2D eigenvalue weighted by atomic mass is 10.1. The first-order chi connectivity index (χ1) is 9.47. The number of aryl methyl sites for hydroxylation is 3. The lowest BCUT2D eigenvalue weighted by molar-refractivity contribution is 1.09. The summed E-state index contributed by atoms with van der Waals surface area (Å²) >= 11 is 6.09. The Kier molecular flexibility index (Phi) is 2.94. The van der Waals surface area contributed by atoms with Crippen molar-refractivity contribution in [2.45, 2.75) is 20.8 Å². The van der Waals surface area contributed by atoms with Gasteiger partial charge in [-0.2, -0.15) is 0 Å². The van der Waals surface area contributed by atoms with Crippen molar-refractivity contribution in [3.05, 3.63) is 52.3 Å². The van der Waals surface area contributed by atoms with Crippen molar-refractivity contribution in [3.63, 3.8) is 0 Å². The van der Waals surface area contributed by atoms with Crippen LogP contribution in [0.4, 0.5) is 5.69 Å². The number of nitrogen functional groups attached to an aromatic ring is 1. The summed E-state index contributed by atoms with van der Waals surface area (Å²) in [6.45, 7) is 6.08. The number of rotatable bonds is 1. The molecule has 3 aromatic rings. The Bertz CT molecular complexity index is 818. The van der Waals surface area contributed by atoms with Crippen LogP contribution in [0.3, 0.4) is 0 Å². The predicted octanol–water partition coefficient (Wildman–Crippen LogP) is 4.16. The molecule has 0 aliphatic carbocycles. The van der Waals surface area contributed by atoms with Crippen LogP contribution in [-0.2, 0) is 0 Å². The maximum Gasteiger partial charge on any atom is 0.160 e. The molecule has 3 nitrogen and oxygen atoms in total. The highest BCUT2D eigenvalue weighted by Crippen LogP contribution is 2.29. The van der Waals surface area contributed by atoms with Gasteiger partial charge in [0.25, 0.3) is 0 Å². The zero-order valence-corrected chi connectivity index (χ0v) is 12.5. The molecule has 3 rings (SSSR count). The molecular weight excluding hydrogens is 270 g/mol. The van der Waals surface area contributed by atoms with Gasteiger partial charge in [0.1, 0.15) is 0 Å². The standard InChI is InChI=1S/C16H16ClN3/c1-9-6-14(18)16-19-15(11(3)20(16)8-9)12-4-5-13(17)10(2)7-12/h4-8H,18H2,1-3H3. The summed E-state index contributed by atoms with van der Waals surface area (Å²) in [5.41, 5.74) is 12.8. The number of hydrogen-bond donors (Lipinski definition) is 1. The minimum atomic E-state index is 0.699. The van der Waals surface area contributed by atoms with E-state index in [9.17, 15) is 0 Å². The molecule has 0 bridgehead atoms. The second-order valence-corrected chi connectivity index (χ2v) is 5.58. The Morgan fingerprint density at radius 3 is 2.60 bits per heavy atom. The van der Waals surface area contributed by atoms with E-state index in [4.69, 9.17) is 17.3 Å². The van der Waals surface area contributed by atoms with E-state index < -0.39 is 0 Å². The van der Waals surface area contributed by atoms with Crippen molar-refractivity contribution in [2.24, 2.45) is 0 Å². The van der Waals surface area contributed by atoms with Crippen LogP contribution < -0.4 is 5.73 Å². The van der Waals surface area contributed by atoms with Crippen molar-refractivity contribution < 1.29 is 0 Å². The molecule has 0 aliphatic rings. The van der Waals surface area contributed by atoms with E-state index in [-0.39, 0.29) is 0 Å². The Balaban J connectivity index is 2.29. The summed E-state index contributed by atoms with van der Waals surface area (Å²) < 4.78 is 2.05. The minimum Gasteiger partial charge on any atom is -0.396 e. The Labute approximate surface area is 123 Å². The van der Waals surface area contributed by atoms with Crippen molar-refractivity contribution >= 4 is 22.9 Å². The first-order valence-electron chi connectivity index (χ1n) is 6.48. The van der Waals surface area contributed by atoms with Gasteiger partial charge in [-0.25, -0.2) is 4.98 Å². The number of aromatic nitrogens is 2. The average Bonchev–Trinajstić information content (AvgIpc) is 2.71. The number of imidazole rings is 1. The fraction of sp³-hybridized carbons (Fsp3) is 0.188. The highest BCUT2D eigenvalue weighted by Gasteiger charge is 2.13. The number of benzene rings is 1. The monoisotopic (exact) mass is 285 g/mol. The fourth-order valence-electron chi connectivity index (χ4n) is 2.49. The van der Waals surface area contributed by atoms with Crippen molar-refractivity contribution in [2.75, 3.05) is 5.73 Å². The highest BCUT2D eigenvalue weighted by atomic mass is 35.5. The fourth-order valence-corrected chi connectivity index (χ4v) is 2.61. The normalized spacial score (nSPS) is 11.2. The average molecular weight is 286 g/mol. The van der Waals surface area contributed by atoms with Crippen LogP contribution in [-0.4, -0.2) is 9.38 Å². The smallest absolute Gasteiger partial charge is 0.160 e. The number of hydrogen-bond acceptors (Lipinski definition) is 2. The third-order valence-electron chi connectivity index (χ3n) is 3.56. The molecule has 2 aromatic heterocycles. The molecule has 2 heterocycles. The predicted molar refractivity (Wildman–Crippen MR) is 84.3 cm³/mol. The maximum atomic E-state index is 6.09. The summed E-state index contributed by atoms with van der Waals surface area (Å²) in [6, 6.07) is 7.90. The molecule has 0 aliphatic heterocycles. The van der Waals surface area contributed by atoms with Crippen LogP contribution in [0.1, 0.15) is 16.8 Å². The number of pyridine rings is 1. The molecule has 0 atom stereocenters. The quantitative estimate of drug-likeness (QED) is 0.729. The Morgan fingerprint density at radius 1 is 1.15 bits per heavy atom. The lowest BCUT2D eigenvalue weighted by Crippen LogP contribution is -1.95. The van der Waals surface area contributed by atoms with E-state index in [0.717, 1.165) is 38.7 Å². The lowest BCUT2D eigenvalue weighted by Gasteiger charge is -2.03. The van der Waals surface area contributed by atoms with E-state index in [1.165, 1.54) is 0 Å². The van der Waals surface area contributed by atoms with E-state index >= 15 is 0 Å².